The van der Waals surface area contributed by atoms with Gasteiger partial charge in [0, 0.05) is 13.2 Å². The van der Waals surface area contributed by atoms with Crippen LogP contribution in [0.1, 0.15) is 26.2 Å². The minimum atomic E-state index is -0.403. The molecule has 2 N–H and O–H groups in total. The number of rotatable bonds is 7. The molecular formula is C16H22N6O2. The van der Waals surface area contributed by atoms with Gasteiger partial charge in [0.25, 0.3) is 0 Å². The average Bonchev–Trinajstić information content (AvgIpc) is 3.30. The summed E-state index contributed by atoms with van der Waals surface area (Å²) in [5.41, 5.74) is 0.833. The van der Waals surface area contributed by atoms with Gasteiger partial charge in [-0.2, -0.15) is 4.68 Å². The first-order valence-corrected chi connectivity index (χ1v) is 8.27. The third-order valence-electron chi connectivity index (χ3n) is 4.03. The van der Waals surface area contributed by atoms with Gasteiger partial charge in [-0.3, -0.25) is 4.79 Å². The van der Waals surface area contributed by atoms with Crippen molar-refractivity contribution in [2.45, 2.75) is 38.3 Å². The van der Waals surface area contributed by atoms with Crippen LogP contribution in [0.4, 0.5) is 5.95 Å². The Morgan fingerprint density at radius 2 is 2.25 bits per heavy atom. The van der Waals surface area contributed by atoms with Gasteiger partial charge in [0.15, 0.2) is 0 Å². The molecule has 1 aliphatic heterocycles. The predicted octanol–water partition coefficient (Wildman–Crippen LogP) is 1.15. The van der Waals surface area contributed by atoms with Gasteiger partial charge in [-0.1, -0.05) is 30.2 Å². The molecule has 2 atom stereocenters. The second-order valence-corrected chi connectivity index (χ2v) is 5.74. The van der Waals surface area contributed by atoms with Crippen LogP contribution in [-0.2, 0) is 9.53 Å². The molecule has 128 valence electrons. The van der Waals surface area contributed by atoms with E-state index in [1.165, 1.54) is 0 Å². The van der Waals surface area contributed by atoms with Crippen LogP contribution in [0.25, 0.3) is 5.69 Å². The second kappa shape index (κ2) is 7.87. The van der Waals surface area contributed by atoms with E-state index in [0.29, 0.717) is 18.9 Å². The summed E-state index contributed by atoms with van der Waals surface area (Å²) in [5, 5.41) is 17.7. The summed E-state index contributed by atoms with van der Waals surface area (Å²) in [6.45, 7) is 3.27. The normalized spacial score (nSPS) is 18.3. The average molecular weight is 330 g/mol. The molecule has 8 heteroatoms. The Morgan fingerprint density at radius 1 is 1.42 bits per heavy atom. The van der Waals surface area contributed by atoms with Gasteiger partial charge in [0.1, 0.15) is 6.04 Å². The Hall–Kier alpha value is -2.48. The highest BCUT2D eigenvalue weighted by molar-refractivity contribution is 5.84. The summed E-state index contributed by atoms with van der Waals surface area (Å²) in [7, 11) is 0. The van der Waals surface area contributed by atoms with Crippen LogP contribution in [0.3, 0.4) is 0 Å². The molecule has 0 radical (unpaired) electrons. The standard InChI is InChI=1S/C16H22N6O2/c1-2-14(15(23)17-11-13-9-6-10-24-13)18-16-19-20-21-22(16)12-7-4-3-5-8-12/h3-5,7-8,13-14H,2,6,9-11H2,1H3,(H,17,23)(H,18,19,21)/t13-,14+/m1/s1. The summed E-state index contributed by atoms with van der Waals surface area (Å²) >= 11 is 0. The molecule has 24 heavy (non-hydrogen) atoms. The number of amides is 1. The Morgan fingerprint density at radius 3 is 2.96 bits per heavy atom. The molecule has 2 heterocycles. The van der Waals surface area contributed by atoms with Crippen LogP contribution in [0.5, 0.6) is 0 Å². The molecule has 0 unspecified atom stereocenters. The first-order chi connectivity index (χ1) is 11.8. The lowest BCUT2D eigenvalue weighted by atomic mass is 10.2. The number of nitrogens with one attached hydrogen (secondary N) is 2. The van der Waals surface area contributed by atoms with Crippen LogP contribution in [0, 0.1) is 0 Å². The van der Waals surface area contributed by atoms with E-state index in [4.69, 9.17) is 4.74 Å². The smallest absolute Gasteiger partial charge is 0.248 e. The molecule has 1 saturated heterocycles. The number of hydrogen-bond donors (Lipinski definition) is 2. The molecule has 2 aromatic rings. The number of ether oxygens (including phenoxy) is 1. The van der Waals surface area contributed by atoms with Crippen molar-refractivity contribution in [1.29, 1.82) is 0 Å². The van der Waals surface area contributed by atoms with Gasteiger partial charge >= 0.3 is 0 Å². The number of nitrogens with zero attached hydrogens (tertiary/aromatic N) is 4. The van der Waals surface area contributed by atoms with E-state index in [1.807, 2.05) is 37.3 Å². The van der Waals surface area contributed by atoms with Gasteiger partial charge in [-0.05, 0) is 41.8 Å². The fourth-order valence-electron chi connectivity index (χ4n) is 2.67. The topological polar surface area (TPSA) is 94.0 Å². The Labute approximate surface area is 140 Å². The minimum Gasteiger partial charge on any atom is -0.376 e. The summed E-state index contributed by atoms with van der Waals surface area (Å²) < 4.78 is 7.11. The van der Waals surface area contributed by atoms with Crippen molar-refractivity contribution in [3.63, 3.8) is 0 Å². The van der Waals surface area contributed by atoms with Gasteiger partial charge in [-0.15, -0.1) is 0 Å². The van der Waals surface area contributed by atoms with Crippen LogP contribution in [0.15, 0.2) is 30.3 Å². The van der Waals surface area contributed by atoms with E-state index in [2.05, 4.69) is 26.2 Å². The second-order valence-electron chi connectivity index (χ2n) is 5.74. The molecule has 8 nitrogen and oxygen atoms in total. The van der Waals surface area contributed by atoms with E-state index < -0.39 is 6.04 Å². The van der Waals surface area contributed by atoms with Gasteiger partial charge in [0.05, 0.1) is 11.8 Å². The Bertz CT molecular complexity index is 654. The summed E-state index contributed by atoms with van der Waals surface area (Å²) in [4.78, 5) is 12.4. The molecule has 1 fully saturated rings. The highest BCUT2D eigenvalue weighted by Crippen LogP contribution is 2.13. The number of hydrogen-bond acceptors (Lipinski definition) is 6. The maximum absolute atomic E-state index is 12.4. The molecular weight excluding hydrogens is 308 g/mol. The minimum absolute atomic E-state index is 0.0735. The van der Waals surface area contributed by atoms with Crippen LogP contribution < -0.4 is 10.6 Å². The molecule has 0 bridgehead atoms. The number of carbonyl (C=O) groups excluding carboxylic acids is 1. The first-order valence-electron chi connectivity index (χ1n) is 8.27. The van der Waals surface area contributed by atoms with Crippen molar-refractivity contribution in [2.24, 2.45) is 0 Å². The van der Waals surface area contributed by atoms with E-state index in [1.54, 1.807) is 4.68 Å². The molecule has 3 rings (SSSR count). The maximum atomic E-state index is 12.4. The zero-order chi connectivity index (χ0) is 16.8. The molecule has 0 saturated carbocycles. The van der Waals surface area contributed by atoms with Crippen molar-refractivity contribution in [3.05, 3.63) is 30.3 Å². The van der Waals surface area contributed by atoms with Crippen molar-refractivity contribution >= 4 is 11.9 Å². The van der Waals surface area contributed by atoms with E-state index in [9.17, 15) is 4.79 Å². The fraction of sp³-hybridized carbons (Fsp3) is 0.500. The highest BCUT2D eigenvalue weighted by Gasteiger charge is 2.22. The monoisotopic (exact) mass is 330 g/mol. The summed E-state index contributed by atoms with van der Waals surface area (Å²) in [6, 6.07) is 9.15. The third kappa shape index (κ3) is 3.88. The largest absolute Gasteiger partial charge is 0.376 e. The van der Waals surface area contributed by atoms with Gasteiger partial charge in [-0.25, -0.2) is 0 Å². The Kier molecular flexibility index (Phi) is 5.37. The summed E-state index contributed by atoms with van der Waals surface area (Å²) in [6.07, 6.45) is 2.80. The lowest BCUT2D eigenvalue weighted by molar-refractivity contribution is -0.122. The molecule has 0 aliphatic carbocycles. The number of tetrazole rings is 1. The van der Waals surface area contributed by atoms with Crippen molar-refractivity contribution < 1.29 is 9.53 Å². The van der Waals surface area contributed by atoms with Crippen LogP contribution in [-0.4, -0.2) is 51.4 Å². The molecule has 1 aliphatic rings. The van der Waals surface area contributed by atoms with E-state index in [0.717, 1.165) is 25.1 Å². The maximum Gasteiger partial charge on any atom is 0.248 e. The Balaban J connectivity index is 1.63. The van der Waals surface area contributed by atoms with Crippen molar-refractivity contribution in [3.8, 4) is 5.69 Å². The number of para-hydroxylation sites is 1. The molecule has 1 aromatic heterocycles. The lowest BCUT2D eigenvalue weighted by Gasteiger charge is -2.18. The van der Waals surface area contributed by atoms with Crippen LogP contribution in [0.2, 0.25) is 0 Å². The SMILES string of the molecule is CC[C@H](Nc1nnnn1-c1ccccc1)C(=O)NC[C@H]1CCCO1. The highest BCUT2D eigenvalue weighted by atomic mass is 16.5. The lowest BCUT2D eigenvalue weighted by Crippen LogP contribution is -2.42. The molecule has 1 aromatic carbocycles. The first kappa shape index (κ1) is 16.4. The summed E-state index contributed by atoms with van der Waals surface area (Å²) in [5.74, 6) is 0.371. The van der Waals surface area contributed by atoms with E-state index >= 15 is 0 Å². The zero-order valence-electron chi connectivity index (χ0n) is 13.7. The van der Waals surface area contributed by atoms with E-state index in [-0.39, 0.29) is 12.0 Å². The quantitative estimate of drug-likeness (QED) is 0.791. The predicted molar refractivity (Wildman–Crippen MR) is 88.8 cm³/mol. The number of anilines is 1. The van der Waals surface area contributed by atoms with Crippen molar-refractivity contribution in [2.75, 3.05) is 18.5 Å². The molecule has 1 amide bonds. The van der Waals surface area contributed by atoms with Crippen LogP contribution >= 0.6 is 0 Å². The zero-order valence-corrected chi connectivity index (χ0v) is 13.7. The third-order valence-corrected chi connectivity index (χ3v) is 4.03. The van der Waals surface area contributed by atoms with Gasteiger partial charge < -0.3 is 15.4 Å². The molecule has 0 spiro atoms. The number of aromatic nitrogens is 4. The number of carbonyl (C=O) groups is 1. The van der Waals surface area contributed by atoms with Crippen molar-refractivity contribution in [1.82, 2.24) is 25.5 Å². The fourth-order valence-corrected chi connectivity index (χ4v) is 2.67. The number of benzene rings is 1. The van der Waals surface area contributed by atoms with Gasteiger partial charge in [0.2, 0.25) is 11.9 Å².